The van der Waals surface area contributed by atoms with Crippen LogP contribution in [0.15, 0.2) is 16.8 Å². The third-order valence-electron chi connectivity index (χ3n) is 5.04. The normalized spacial score (nSPS) is 28.5. The highest BCUT2D eigenvalue weighted by atomic mass is 32.1. The predicted octanol–water partition coefficient (Wildman–Crippen LogP) is 3.87. The number of thiophene rings is 1. The quantitative estimate of drug-likeness (QED) is 0.830. The highest BCUT2D eigenvalue weighted by molar-refractivity contribution is 7.07. The molecule has 1 aliphatic carbocycles. The summed E-state index contributed by atoms with van der Waals surface area (Å²) in [5.74, 6) is 0.919. The van der Waals surface area contributed by atoms with Gasteiger partial charge in [-0.15, -0.1) is 0 Å². The molecular weight excluding hydrogens is 252 g/mol. The van der Waals surface area contributed by atoms with Gasteiger partial charge in [-0.25, -0.2) is 0 Å². The van der Waals surface area contributed by atoms with Gasteiger partial charge in [0.25, 0.3) is 0 Å². The molecule has 0 bridgehead atoms. The highest BCUT2D eigenvalue weighted by Crippen LogP contribution is 2.35. The van der Waals surface area contributed by atoms with Crippen molar-refractivity contribution in [3.63, 3.8) is 0 Å². The van der Waals surface area contributed by atoms with Crippen LogP contribution in [-0.4, -0.2) is 24.0 Å². The molecular formula is C16H28N2S. The van der Waals surface area contributed by atoms with E-state index in [-0.39, 0.29) is 5.54 Å². The van der Waals surface area contributed by atoms with Gasteiger partial charge in [-0.2, -0.15) is 11.3 Å². The Labute approximate surface area is 122 Å². The van der Waals surface area contributed by atoms with Gasteiger partial charge in [-0.1, -0.05) is 26.2 Å². The van der Waals surface area contributed by atoms with Crippen molar-refractivity contribution < 1.29 is 0 Å². The van der Waals surface area contributed by atoms with Crippen molar-refractivity contribution in [3.8, 4) is 0 Å². The third-order valence-corrected chi connectivity index (χ3v) is 5.77. The van der Waals surface area contributed by atoms with E-state index in [0.29, 0.717) is 0 Å². The molecule has 0 saturated heterocycles. The Morgan fingerprint density at radius 2 is 2.26 bits per heavy atom. The van der Waals surface area contributed by atoms with Gasteiger partial charge in [-0.3, -0.25) is 4.90 Å². The Bertz CT molecular complexity index is 363. The molecule has 0 spiro atoms. The van der Waals surface area contributed by atoms with Crippen LogP contribution in [0.2, 0.25) is 0 Å². The molecule has 3 heteroatoms. The molecule has 1 aromatic heterocycles. The molecule has 2 unspecified atom stereocenters. The van der Waals surface area contributed by atoms with E-state index in [4.69, 9.17) is 5.73 Å². The van der Waals surface area contributed by atoms with Crippen LogP contribution in [0.25, 0.3) is 0 Å². The zero-order valence-electron chi connectivity index (χ0n) is 12.4. The molecule has 2 rings (SSSR count). The molecule has 2 atom stereocenters. The van der Waals surface area contributed by atoms with Crippen LogP contribution in [0, 0.1) is 5.92 Å². The lowest BCUT2D eigenvalue weighted by Gasteiger charge is -2.41. The standard InChI is InChI=1S/C16H28N2S/c1-3-14-5-4-8-16(13-17,9-6-14)18(2)11-15-7-10-19-12-15/h7,10,12,14H,3-6,8-9,11,13,17H2,1-2H3. The van der Waals surface area contributed by atoms with Crippen molar-refractivity contribution >= 4 is 11.3 Å². The van der Waals surface area contributed by atoms with Gasteiger partial charge in [0.1, 0.15) is 0 Å². The van der Waals surface area contributed by atoms with Gasteiger partial charge in [0.15, 0.2) is 0 Å². The topological polar surface area (TPSA) is 29.3 Å². The Balaban J connectivity index is 2.04. The number of rotatable bonds is 5. The fraction of sp³-hybridized carbons (Fsp3) is 0.750. The SMILES string of the molecule is CCC1CCCC(CN)(N(C)Cc2ccsc2)CC1. The number of nitrogens with two attached hydrogens (primary N) is 1. The van der Waals surface area contributed by atoms with E-state index in [2.05, 4.69) is 35.7 Å². The van der Waals surface area contributed by atoms with Crippen molar-refractivity contribution in [2.75, 3.05) is 13.6 Å². The molecule has 0 radical (unpaired) electrons. The second-order valence-electron chi connectivity index (χ2n) is 6.12. The van der Waals surface area contributed by atoms with Crippen molar-refractivity contribution in [2.24, 2.45) is 11.7 Å². The first-order valence-electron chi connectivity index (χ1n) is 7.62. The number of hydrogen-bond acceptors (Lipinski definition) is 3. The van der Waals surface area contributed by atoms with E-state index in [1.807, 2.05) is 0 Å². The fourth-order valence-corrected chi connectivity index (χ4v) is 4.10. The minimum Gasteiger partial charge on any atom is -0.329 e. The molecule has 0 amide bonds. The summed E-state index contributed by atoms with van der Waals surface area (Å²) in [5.41, 5.74) is 7.84. The Morgan fingerprint density at radius 3 is 2.89 bits per heavy atom. The fourth-order valence-electron chi connectivity index (χ4n) is 3.44. The Hall–Kier alpha value is -0.380. The maximum atomic E-state index is 6.19. The smallest absolute Gasteiger partial charge is 0.0332 e. The van der Waals surface area contributed by atoms with Crippen molar-refractivity contribution in [3.05, 3.63) is 22.4 Å². The largest absolute Gasteiger partial charge is 0.329 e. The minimum atomic E-state index is 0.228. The molecule has 108 valence electrons. The summed E-state index contributed by atoms with van der Waals surface area (Å²) in [6, 6.07) is 2.23. The van der Waals surface area contributed by atoms with Gasteiger partial charge in [0.05, 0.1) is 0 Å². The van der Waals surface area contributed by atoms with E-state index >= 15 is 0 Å². The van der Waals surface area contributed by atoms with Crippen LogP contribution in [0.4, 0.5) is 0 Å². The van der Waals surface area contributed by atoms with Crippen LogP contribution in [-0.2, 0) is 6.54 Å². The molecule has 1 aliphatic rings. The number of likely N-dealkylation sites (N-methyl/N-ethyl adjacent to an activating group) is 1. The maximum Gasteiger partial charge on any atom is 0.0332 e. The molecule has 19 heavy (non-hydrogen) atoms. The summed E-state index contributed by atoms with van der Waals surface area (Å²) in [7, 11) is 2.26. The third kappa shape index (κ3) is 3.59. The monoisotopic (exact) mass is 280 g/mol. The first-order valence-corrected chi connectivity index (χ1v) is 8.57. The summed E-state index contributed by atoms with van der Waals surface area (Å²) < 4.78 is 0. The van der Waals surface area contributed by atoms with Gasteiger partial charge in [0.2, 0.25) is 0 Å². The second kappa shape index (κ2) is 6.87. The van der Waals surface area contributed by atoms with E-state index in [1.165, 1.54) is 44.1 Å². The van der Waals surface area contributed by atoms with E-state index in [1.54, 1.807) is 11.3 Å². The highest BCUT2D eigenvalue weighted by Gasteiger charge is 2.35. The predicted molar refractivity (Wildman–Crippen MR) is 84.4 cm³/mol. The van der Waals surface area contributed by atoms with Crippen LogP contribution < -0.4 is 5.73 Å². The Kier molecular flexibility index (Phi) is 5.43. The second-order valence-corrected chi connectivity index (χ2v) is 6.90. The number of hydrogen-bond donors (Lipinski definition) is 1. The van der Waals surface area contributed by atoms with E-state index in [0.717, 1.165) is 19.0 Å². The molecule has 1 aromatic rings. The van der Waals surface area contributed by atoms with E-state index in [9.17, 15) is 0 Å². The van der Waals surface area contributed by atoms with Crippen molar-refractivity contribution in [1.29, 1.82) is 0 Å². The summed E-state index contributed by atoms with van der Waals surface area (Å²) in [6.45, 7) is 4.16. The van der Waals surface area contributed by atoms with E-state index < -0.39 is 0 Å². The van der Waals surface area contributed by atoms with Gasteiger partial charge in [-0.05, 0) is 54.6 Å². The lowest BCUT2D eigenvalue weighted by molar-refractivity contribution is 0.0985. The van der Waals surface area contributed by atoms with Gasteiger partial charge >= 0.3 is 0 Å². The molecule has 0 aliphatic heterocycles. The van der Waals surface area contributed by atoms with Crippen molar-refractivity contribution in [2.45, 2.75) is 57.5 Å². The Morgan fingerprint density at radius 1 is 1.42 bits per heavy atom. The average Bonchev–Trinajstić information content (AvgIpc) is 2.83. The zero-order chi connectivity index (χ0) is 13.7. The molecule has 1 saturated carbocycles. The minimum absolute atomic E-state index is 0.228. The molecule has 1 heterocycles. The lowest BCUT2D eigenvalue weighted by atomic mass is 9.87. The van der Waals surface area contributed by atoms with Crippen LogP contribution >= 0.6 is 11.3 Å². The molecule has 1 fully saturated rings. The summed E-state index contributed by atoms with van der Waals surface area (Å²) >= 11 is 1.78. The van der Waals surface area contributed by atoms with Crippen LogP contribution in [0.5, 0.6) is 0 Å². The summed E-state index contributed by atoms with van der Waals surface area (Å²) in [6.07, 6.45) is 7.94. The number of nitrogens with zero attached hydrogens (tertiary/aromatic N) is 1. The zero-order valence-corrected chi connectivity index (χ0v) is 13.2. The van der Waals surface area contributed by atoms with Crippen LogP contribution in [0.1, 0.15) is 51.0 Å². The lowest BCUT2D eigenvalue weighted by Crippen LogP contribution is -2.51. The summed E-state index contributed by atoms with van der Waals surface area (Å²) in [5, 5.41) is 4.42. The van der Waals surface area contributed by atoms with Crippen LogP contribution in [0.3, 0.4) is 0 Å². The van der Waals surface area contributed by atoms with Gasteiger partial charge < -0.3 is 5.73 Å². The summed E-state index contributed by atoms with van der Waals surface area (Å²) in [4.78, 5) is 2.52. The maximum absolute atomic E-state index is 6.19. The molecule has 0 aromatic carbocycles. The first kappa shape index (κ1) is 15.0. The molecule has 2 nitrogen and oxygen atoms in total. The first-order chi connectivity index (χ1) is 9.20. The van der Waals surface area contributed by atoms with Crippen molar-refractivity contribution in [1.82, 2.24) is 4.90 Å². The average molecular weight is 280 g/mol. The van der Waals surface area contributed by atoms with Gasteiger partial charge in [0, 0.05) is 18.6 Å². The molecule has 2 N–H and O–H groups in total.